The molecule has 2 rings (SSSR count). The predicted octanol–water partition coefficient (Wildman–Crippen LogP) is 3.57. The fraction of sp³-hybridized carbons (Fsp3) is 0.333. The molecule has 1 heterocycles. The van der Waals surface area contributed by atoms with Gasteiger partial charge >= 0.3 is 0 Å². The number of hydrogen-bond acceptors (Lipinski definition) is 2. The van der Waals surface area contributed by atoms with E-state index < -0.39 is 0 Å². The topological polar surface area (TPSA) is 29.4 Å². The molecule has 1 unspecified atom stereocenters. The molecule has 0 radical (unpaired) electrons. The van der Waals surface area contributed by atoms with Gasteiger partial charge in [0.2, 0.25) is 0 Å². The number of carbonyl (C=O) groups excluding carboxylic acids is 1. The second kappa shape index (κ2) is 4.56. The predicted molar refractivity (Wildman–Crippen MR) is 66.8 cm³/mol. The van der Waals surface area contributed by atoms with Gasteiger partial charge < -0.3 is 0 Å². The smallest absolute Gasteiger partial charge is 0.170 e. The van der Waals surface area contributed by atoms with Crippen LogP contribution in [0.5, 0.6) is 0 Å². The number of rotatable bonds is 2. The average molecular weight is 256 g/mol. The lowest BCUT2D eigenvalue weighted by atomic mass is 9.90. The van der Waals surface area contributed by atoms with E-state index in [0.29, 0.717) is 15.8 Å². The van der Waals surface area contributed by atoms with Gasteiger partial charge in [0.25, 0.3) is 0 Å². The van der Waals surface area contributed by atoms with Gasteiger partial charge in [0.05, 0.1) is 21.7 Å². The van der Waals surface area contributed by atoms with E-state index in [2.05, 4.69) is 4.99 Å². The lowest BCUT2D eigenvalue weighted by Crippen LogP contribution is -2.27. The number of ketones is 1. The van der Waals surface area contributed by atoms with E-state index in [1.807, 2.05) is 6.92 Å². The van der Waals surface area contributed by atoms with Crippen LogP contribution in [-0.4, -0.2) is 11.5 Å². The zero-order chi connectivity index (χ0) is 11.7. The van der Waals surface area contributed by atoms with Gasteiger partial charge in [-0.25, -0.2) is 0 Å². The van der Waals surface area contributed by atoms with Crippen molar-refractivity contribution in [1.29, 1.82) is 0 Å². The van der Waals surface area contributed by atoms with Gasteiger partial charge in [-0.1, -0.05) is 42.6 Å². The summed E-state index contributed by atoms with van der Waals surface area (Å²) in [5.74, 6) is -0.317. The van der Waals surface area contributed by atoms with Gasteiger partial charge in [0, 0.05) is 11.8 Å². The van der Waals surface area contributed by atoms with Crippen molar-refractivity contribution in [2.45, 2.75) is 19.8 Å². The summed E-state index contributed by atoms with van der Waals surface area (Å²) in [6.45, 7) is 2.04. The maximum Gasteiger partial charge on any atom is 0.170 e. The van der Waals surface area contributed by atoms with Gasteiger partial charge in [-0.3, -0.25) is 9.79 Å². The summed E-state index contributed by atoms with van der Waals surface area (Å²) < 4.78 is 0. The SMILES string of the molecule is CCCC1=CC(=O)C2C=CC(Cl)=C(Cl)C2=N1. The molecule has 0 aromatic carbocycles. The summed E-state index contributed by atoms with van der Waals surface area (Å²) in [5, 5.41) is 0.839. The standard InChI is InChI=1S/C12H11Cl2NO/c1-2-3-7-6-10(16)8-4-5-9(13)11(14)12(8)15-7/h4-6,8H,2-3H2,1H3. The normalized spacial score (nSPS) is 24.2. The Balaban J connectivity index is 2.41. The van der Waals surface area contributed by atoms with E-state index in [9.17, 15) is 4.79 Å². The van der Waals surface area contributed by atoms with Crippen LogP contribution in [0, 0.1) is 5.92 Å². The molecule has 0 aromatic heterocycles. The zero-order valence-electron chi connectivity index (χ0n) is 8.84. The molecule has 1 aliphatic carbocycles. The summed E-state index contributed by atoms with van der Waals surface area (Å²) in [6, 6.07) is 0. The minimum absolute atomic E-state index is 0.0343. The van der Waals surface area contributed by atoms with Gasteiger partial charge in [0.1, 0.15) is 0 Å². The second-order valence-corrected chi connectivity index (χ2v) is 4.57. The molecule has 0 aromatic rings. The first-order valence-corrected chi connectivity index (χ1v) is 5.96. The molecule has 2 nitrogen and oxygen atoms in total. The molecule has 0 amide bonds. The van der Waals surface area contributed by atoms with E-state index in [-0.39, 0.29) is 11.7 Å². The minimum atomic E-state index is -0.351. The monoisotopic (exact) mass is 255 g/mol. The maximum atomic E-state index is 11.8. The quantitative estimate of drug-likeness (QED) is 0.742. The Hall–Kier alpha value is -0.860. The van der Waals surface area contributed by atoms with Crippen LogP contribution >= 0.6 is 23.2 Å². The highest BCUT2D eigenvalue weighted by Crippen LogP contribution is 2.31. The van der Waals surface area contributed by atoms with Crippen LogP contribution in [0.15, 0.2) is 39.0 Å². The molecule has 0 saturated heterocycles. The van der Waals surface area contributed by atoms with E-state index in [4.69, 9.17) is 23.2 Å². The van der Waals surface area contributed by atoms with Crippen LogP contribution in [-0.2, 0) is 4.79 Å². The second-order valence-electron chi connectivity index (χ2n) is 3.78. The van der Waals surface area contributed by atoms with Crippen LogP contribution < -0.4 is 0 Å². The number of allylic oxidation sites excluding steroid dienone is 6. The molecule has 4 heteroatoms. The third-order valence-corrected chi connectivity index (χ3v) is 3.36. The van der Waals surface area contributed by atoms with Crippen molar-refractivity contribution < 1.29 is 4.79 Å². The number of fused-ring (bicyclic) bond motifs is 1. The third-order valence-electron chi connectivity index (χ3n) is 2.55. The van der Waals surface area contributed by atoms with E-state index in [1.165, 1.54) is 0 Å². The lowest BCUT2D eigenvalue weighted by Gasteiger charge is -2.21. The maximum absolute atomic E-state index is 11.8. The van der Waals surface area contributed by atoms with Crippen molar-refractivity contribution in [2.24, 2.45) is 10.9 Å². The van der Waals surface area contributed by atoms with Gasteiger partial charge in [0.15, 0.2) is 5.78 Å². The fourth-order valence-electron chi connectivity index (χ4n) is 1.78. The Morgan fingerprint density at radius 2 is 2.19 bits per heavy atom. The molecule has 0 N–H and O–H groups in total. The van der Waals surface area contributed by atoms with Gasteiger partial charge in [-0.2, -0.15) is 0 Å². The van der Waals surface area contributed by atoms with Gasteiger partial charge in [-0.05, 0) is 12.5 Å². The average Bonchev–Trinajstić information content (AvgIpc) is 2.25. The highest BCUT2D eigenvalue weighted by Gasteiger charge is 2.30. The third kappa shape index (κ3) is 2.00. The Labute approximate surface area is 104 Å². The van der Waals surface area contributed by atoms with E-state index in [1.54, 1.807) is 18.2 Å². The molecular weight excluding hydrogens is 245 g/mol. The molecule has 2 aliphatic rings. The highest BCUT2D eigenvalue weighted by atomic mass is 35.5. The van der Waals surface area contributed by atoms with Crippen molar-refractivity contribution in [2.75, 3.05) is 0 Å². The van der Waals surface area contributed by atoms with E-state index in [0.717, 1.165) is 18.5 Å². The number of carbonyl (C=O) groups is 1. The van der Waals surface area contributed by atoms with Crippen LogP contribution in [0.2, 0.25) is 0 Å². The van der Waals surface area contributed by atoms with Crippen molar-refractivity contribution in [1.82, 2.24) is 0 Å². The first-order chi connectivity index (χ1) is 7.63. The first-order valence-electron chi connectivity index (χ1n) is 5.20. The van der Waals surface area contributed by atoms with Crippen molar-refractivity contribution in [3.8, 4) is 0 Å². The molecule has 1 atom stereocenters. The summed E-state index contributed by atoms with van der Waals surface area (Å²) in [5.41, 5.74) is 1.38. The van der Waals surface area contributed by atoms with Crippen LogP contribution in [0.25, 0.3) is 0 Å². The van der Waals surface area contributed by atoms with Crippen molar-refractivity contribution in [3.63, 3.8) is 0 Å². The lowest BCUT2D eigenvalue weighted by molar-refractivity contribution is -0.115. The highest BCUT2D eigenvalue weighted by molar-refractivity contribution is 6.52. The Morgan fingerprint density at radius 3 is 2.88 bits per heavy atom. The molecular formula is C12H11Cl2NO. The largest absolute Gasteiger partial charge is 0.294 e. The number of aliphatic imine (C=N–C) groups is 1. The first kappa shape index (κ1) is 11.6. The van der Waals surface area contributed by atoms with Crippen LogP contribution in [0.3, 0.4) is 0 Å². The van der Waals surface area contributed by atoms with Crippen LogP contribution in [0.4, 0.5) is 0 Å². The van der Waals surface area contributed by atoms with Crippen molar-refractivity contribution in [3.05, 3.63) is 34.0 Å². The number of halogens is 2. The summed E-state index contributed by atoms with van der Waals surface area (Å²) >= 11 is 12.0. The zero-order valence-corrected chi connectivity index (χ0v) is 10.3. The molecule has 16 heavy (non-hydrogen) atoms. The van der Waals surface area contributed by atoms with E-state index >= 15 is 0 Å². The Kier molecular flexibility index (Phi) is 3.31. The molecule has 0 fully saturated rings. The Bertz CT molecular complexity index is 458. The molecule has 0 spiro atoms. The molecule has 0 saturated carbocycles. The van der Waals surface area contributed by atoms with Gasteiger partial charge in [-0.15, -0.1) is 0 Å². The summed E-state index contributed by atoms with van der Waals surface area (Å²) in [4.78, 5) is 16.2. The summed E-state index contributed by atoms with van der Waals surface area (Å²) in [6.07, 6.45) is 6.74. The summed E-state index contributed by atoms with van der Waals surface area (Å²) in [7, 11) is 0. The molecule has 0 bridgehead atoms. The Morgan fingerprint density at radius 1 is 1.44 bits per heavy atom. The number of hydrogen-bond donors (Lipinski definition) is 0. The van der Waals surface area contributed by atoms with Crippen molar-refractivity contribution >= 4 is 34.7 Å². The minimum Gasteiger partial charge on any atom is -0.294 e. The fourth-order valence-corrected chi connectivity index (χ4v) is 2.17. The van der Waals surface area contributed by atoms with Crippen LogP contribution in [0.1, 0.15) is 19.8 Å². The number of nitrogens with zero attached hydrogens (tertiary/aromatic N) is 1. The molecule has 1 aliphatic heterocycles. The molecule has 84 valence electrons.